The second kappa shape index (κ2) is 3.43. The minimum absolute atomic E-state index is 0.239. The maximum Gasteiger partial charge on any atom is 0.163 e. The lowest BCUT2D eigenvalue weighted by molar-refractivity contribution is -0.161. The molecule has 0 aromatic carbocycles. The number of hydrogen-bond acceptors (Lipinski definition) is 5. The van der Waals surface area contributed by atoms with E-state index in [1.54, 1.807) is 13.8 Å². The third-order valence-corrected chi connectivity index (χ3v) is 2.50. The highest BCUT2D eigenvalue weighted by atomic mass is 16.7. The molecule has 2 fully saturated rings. The molecule has 14 heavy (non-hydrogen) atoms. The Balaban J connectivity index is 1.89. The van der Waals surface area contributed by atoms with Crippen LogP contribution in [0.25, 0.3) is 0 Å². The Morgan fingerprint density at radius 1 is 1.14 bits per heavy atom. The van der Waals surface area contributed by atoms with Crippen molar-refractivity contribution in [3.05, 3.63) is 0 Å². The fourth-order valence-corrected chi connectivity index (χ4v) is 1.58. The molecule has 2 saturated heterocycles. The summed E-state index contributed by atoms with van der Waals surface area (Å²) in [4.78, 5) is 0. The molecule has 0 aliphatic carbocycles. The van der Waals surface area contributed by atoms with Crippen molar-refractivity contribution in [2.24, 2.45) is 0 Å². The van der Waals surface area contributed by atoms with Gasteiger partial charge in [-0.1, -0.05) is 0 Å². The van der Waals surface area contributed by atoms with Gasteiger partial charge in [0.25, 0.3) is 0 Å². The van der Waals surface area contributed by atoms with Gasteiger partial charge >= 0.3 is 0 Å². The smallest absolute Gasteiger partial charge is 0.163 e. The van der Waals surface area contributed by atoms with Crippen molar-refractivity contribution in [2.75, 3.05) is 13.2 Å². The lowest BCUT2D eigenvalue weighted by Crippen LogP contribution is -2.42. The molecule has 5 heteroatoms. The van der Waals surface area contributed by atoms with Gasteiger partial charge < -0.3 is 24.4 Å². The molecule has 0 aromatic heterocycles. The minimum atomic E-state index is -0.940. The molecule has 0 radical (unpaired) electrons. The Morgan fingerprint density at radius 2 is 1.71 bits per heavy atom. The fourth-order valence-electron chi connectivity index (χ4n) is 1.58. The number of hydrogen-bond donors (Lipinski definition) is 2. The van der Waals surface area contributed by atoms with E-state index in [4.69, 9.17) is 14.2 Å². The van der Waals surface area contributed by atoms with Crippen LogP contribution < -0.4 is 0 Å². The fraction of sp³-hybridized carbons (Fsp3) is 1.00. The lowest BCUT2D eigenvalue weighted by atomic mass is 10.1. The first-order valence-corrected chi connectivity index (χ1v) is 4.79. The minimum Gasteiger partial charge on any atom is -0.388 e. The largest absolute Gasteiger partial charge is 0.388 e. The molecule has 82 valence electrons. The summed E-state index contributed by atoms with van der Waals surface area (Å²) in [6, 6.07) is 0. The summed E-state index contributed by atoms with van der Waals surface area (Å²) in [5.74, 6) is -0.671. The topological polar surface area (TPSA) is 71.5 Å². The average molecular weight is 204 g/mol. The first kappa shape index (κ1) is 10.3. The van der Waals surface area contributed by atoms with Gasteiger partial charge in [0.1, 0.15) is 24.4 Å². The zero-order valence-corrected chi connectivity index (χ0v) is 8.34. The van der Waals surface area contributed by atoms with Crippen LogP contribution >= 0.6 is 0 Å². The van der Waals surface area contributed by atoms with Crippen LogP contribution in [0.2, 0.25) is 0 Å². The standard InChI is InChI=1S/C9H16O5/c1-9(2)13-4-6(14-9)8(11)7(10)5-3-12-5/h5-8,10-11H,3-4H2,1-2H3/t5-,6+,7+,8+/m0/s1. The number of aliphatic hydroxyl groups is 2. The van der Waals surface area contributed by atoms with Crippen molar-refractivity contribution >= 4 is 0 Å². The maximum absolute atomic E-state index is 9.73. The third-order valence-electron chi connectivity index (χ3n) is 2.50. The van der Waals surface area contributed by atoms with Crippen molar-refractivity contribution in [3.8, 4) is 0 Å². The van der Waals surface area contributed by atoms with Crippen LogP contribution in [0.5, 0.6) is 0 Å². The van der Waals surface area contributed by atoms with Crippen molar-refractivity contribution in [2.45, 2.75) is 44.1 Å². The maximum atomic E-state index is 9.73. The van der Waals surface area contributed by atoms with E-state index in [1.807, 2.05) is 0 Å². The van der Waals surface area contributed by atoms with E-state index in [2.05, 4.69) is 0 Å². The predicted molar refractivity (Wildman–Crippen MR) is 46.7 cm³/mol. The van der Waals surface area contributed by atoms with Gasteiger partial charge in [0.2, 0.25) is 0 Å². The van der Waals surface area contributed by atoms with E-state index >= 15 is 0 Å². The Kier molecular flexibility index (Phi) is 2.53. The van der Waals surface area contributed by atoms with Gasteiger partial charge in [0.15, 0.2) is 5.79 Å². The van der Waals surface area contributed by atoms with Gasteiger partial charge in [-0.2, -0.15) is 0 Å². The highest BCUT2D eigenvalue weighted by Gasteiger charge is 2.44. The van der Waals surface area contributed by atoms with E-state index < -0.39 is 24.1 Å². The molecule has 0 amide bonds. The lowest BCUT2D eigenvalue weighted by Gasteiger charge is -2.23. The summed E-state index contributed by atoms with van der Waals surface area (Å²) in [5, 5.41) is 19.3. The number of aliphatic hydroxyl groups excluding tert-OH is 2. The quantitative estimate of drug-likeness (QED) is 0.592. The van der Waals surface area contributed by atoms with Crippen LogP contribution in [-0.2, 0) is 14.2 Å². The molecular formula is C9H16O5. The van der Waals surface area contributed by atoms with E-state index in [9.17, 15) is 10.2 Å². The summed E-state index contributed by atoms with van der Waals surface area (Å²) in [6.45, 7) is 4.37. The highest BCUT2D eigenvalue weighted by molar-refractivity contribution is 4.90. The van der Waals surface area contributed by atoms with E-state index in [1.165, 1.54) is 0 Å². The number of epoxide rings is 1. The van der Waals surface area contributed by atoms with Crippen molar-refractivity contribution in [1.29, 1.82) is 0 Å². The van der Waals surface area contributed by atoms with Crippen molar-refractivity contribution in [3.63, 3.8) is 0 Å². The van der Waals surface area contributed by atoms with E-state index in [0.717, 1.165) is 0 Å². The van der Waals surface area contributed by atoms with Crippen molar-refractivity contribution < 1.29 is 24.4 Å². The highest BCUT2D eigenvalue weighted by Crippen LogP contribution is 2.27. The van der Waals surface area contributed by atoms with Gasteiger partial charge in [0.05, 0.1) is 13.2 Å². The predicted octanol–water partition coefficient (Wildman–Crippen LogP) is -0.742. The van der Waals surface area contributed by atoms with Gasteiger partial charge in [-0.15, -0.1) is 0 Å². The zero-order chi connectivity index (χ0) is 10.3. The van der Waals surface area contributed by atoms with Gasteiger partial charge in [-0.05, 0) is 13.8 Å². The van der Waals surface area contributed by atoms with Crippen molar-refractivity contribution in [1.82, 2.24) is 0 Å². The molecule has 2 aliphatic heterocycles. The van der Waals surface area contributed by atoms with Crippen LogP contribution in [0.4, 0.5) is 0 Å². The van der Waals surface area contributed by atoms with Crippen LogP contribution in [0.15, 0.2) is 0 Å². The van der Waals surface area contributed by atoms with Gasteiger partial charge in [-0.3, -0.25) is 0 Å². The van der Waals surface area contributed by atoms with Crippen LogP contribution in [0, 0.1) is 0 Å². The number of rotatable bonds is 3. The summed E-state index contributed by atoms with van der Waals surface area (Å²) in [7, 11) is 0. The SMILES string of the molecule is CC1(C)OC[C@H]([C@@H](O)[C@H](O)[C@@H]2CO2)O1. The van der Waals surface area contributed by atoms with Gasteiger partial charge in [0, 0.05) is 0 Å². The molecule has 0 saturated carbocycles. The molecule has 2 heterocycles. The molecule has 2 aliphatic rings. The van der Waals surface area contributed by atoms with E-state index in [0.29, 0.717) is 13.2 Å². The zero-order valence-electron chi connectivity index (χ0n) is 8.34. The molecule has 2 rings (SSSR count). The second-order valence-corrected chi connectivity index (χ2v) is 4.22. The molecule has 0 unspecified atom stereocenters. The normalized spacial score (nSPS) is 39.4. The Morgan fingerprint density at radius 3 is 2.14 bits per heavy atom. The molecule has 2 N–H and O–H groups in total. The molecule has 0 spiro atoms. The molecule has 0 bridgehead atoms. The Hall–Kier alpha value is -0.200. The van der Waals surface area contributed by atoms with E-state index in [-0.39, 0.29) is 6.10 Å². The third kappa shape index (κ3) is 2.07. The van der Waals surface area contributed by atoms with Crippen LogP contribution in [-0.4, -0.2) is 53.6 Å². The first-order chi connectivity index (χ1) is 6.49. The summed E-state index contributed by atoms with van der Waals surface area (Å²) >= 11 is 0. The number of ether oxygens (including phenoxy) is 3. The molecular weight excluding hydrogens is 188 g/mol. The Labute approximate surface area is 82.6 Å². The molecule has 4 atom stereocenters. The van der Waals surface area contributed by atoms with Crippen LogP contribution in [0.1, 0.15) is 13.8 Å². The summed E-state index contributed by atoms with van der Waals surface area (Å²) in [6.07, 6.45) is -2.52. The Bertz CT molecular complexity index is 213. The molecule has 5 nitrogen and oxygen atoms in total. The second-order valence-electron chi connectivity index (χ2n) is 4.22. The van der Waals surface area contributed by atoms with Crippen LogP contribution in [0.3, 0.4) is 0 Å². The monoisotopic (exact) mass is 204 g/mol. The average Bonchev–Trinajstić information content (AvgIpc) is 2.89. The summed E-state index contributed by atoms with van der Waals surface area (Å²) in [5.41, 5.74) is 0. The first-order valence-electron chi connectivity index (χ1n) is 4.79. The summed E-state index contributed by atoms with van der Waals surface area (Å²) < 4.78 is 15.6. The van der Waals surface area contributed by atoms with Gasteiger partial charge in [-0.25, -0.2) is 0 Å². The molecule has 0 aromatic rings.